The molecule has 0 N–H and O–H groups in total. The van der Waals surface area contributed by atoms with Crippen molar-refractivity contribution in [2.75, 3.05) is 6.54 Å². The van der Waals surface area contributed by atoms with Gasteiger partial charge in [-0.2, -0.15) is 0 Å². The second kappa shape index (κ2) is 7.97. The second-order valence-corrected chi connectivity index (χ2v) is 5.81. The molecule has 120 valence electrons. The minimum atomic E-state index is 0.161. The molecule has 0 radical (unpaired) electrons. The lowest BCUT2D eigenvalue weighted by molar-refractivity contribution is -0.136. The minimum Gasteiger partial charge on any atom is -0.337 e. The zero-order chi connectivity index (χ0) is 15.9. The Hall–Kier alpha value is -1.84. The van der Waals surface area contributed by atoms with Crippen molar-refractivity contribution in [2.45, 2.75) is 53.0 Å². The summed E-state index contributed by atoms with van der Waals surface area (Å²) in [5, 5.41) is 0. The molecule has 0 atom stereocenters. The predicted molar refractivity (Wildman–Crippen MR) is 89.6 cm³/mol. The number of aromatic nitrogens is 2. The van der Waals surface area contributed by atoms with Crippen LogP contribution in [0.1, 0.15) is 52.1 Å². The van der Waals surface area contributed by atoms with E-state index >= 15 is 0 Å². The lowest BCUT2D eigenvalue weighted by atomic mass is 9.96. The predicted octanol–water partition coefficient (Wildman–Crippen LogP) is 3.90. The van der Waals surface area contributed by atoms with E-state index in [0.29, 0.717) is 6.54 Å². The Morgan fingerprint density at radius 2 is 1.95 bits per heavy atom. The van der Waals surface area contributed by atoms with E-state index in [1.54, 1.807) is 0 Å². The molecule has 0 unspecified atom stereocenters. The van der Waals surface area contributed by atoms with Gasteiger partial charge in [0.15, 0.2) is 0 Å². The molecule has 0 spiro atoms. The van der Waals surface area contributed by atoms with Crippen LogP contribution in [0.5, 0.6) is 0 Å². The first kappa shape index (κ1) is 16.5. The van der Waals surface area contributed by atoms with Gasteiger partial charge in [-0.05, 0) is 31.9 Å². The molecule has 2 aromatic rings. The van der Waals surface area contributed by atoms with Crippen LogP contribution in [0.4, 0.5) is 0 Å². The van der Waals surface area contributed by atoms with Crippen LogP contribution in [0.3, 0.4) is 0 Å². The van der Waals surface area contributed by atoms with Gasteiger partial charge >= 0.3 is 0 Å². The Kier molecular flexibility index (Phi) is 5.99. The van der Waals surface area contributed by atoms with Crippen molar-refractivity contribution in [2.24, 2.45) is 5.92 Å². The van der Waals surface area contributed by atoms with Gasteiger partial charge in [0, 0.05) is 18.7 Å². The summed E-state index contributed by atoms with van der Waals surface area (Å²) in [7, 11) is 0. The quantitative estimate of drug-likeness (QED) is 0.741. The highest BCUT2D eigenvalue weighted by atomic mass is 16.2. The normalized spacial score (nSPS) is 11.3. The number of fused-ring (bicyclic) bond motifs is 1. The molecule has 0 aliphatic carbocycles. The molecule has 4 nitrogen and oxygen atoms in total. The van der Waals surface area contributed by atoms with Crippen LogP contribution in [-0.4, -0.2) is 26.7 Å². The molecular formula is C18H27N3O. The third kappa shape index (κ3) is 3.67. The fourth-order valence-corrected chi connectivity index (χ4v) is 2.99. The zero-order valence-corrected chi connectivity index (χ0v) is 14.0. The molecule has 0 aliphatic rings. The summed E-state index contributed by atoms with van der Waals surface area (Å²) in [4.78, 5) is 19.2. The summed E-state index contributed by atoms with van der Waals surface area (Å²) in [6, 6.07) is 5.96. The van der Waals surface area contributed by atoms with E-state index in [1.807, 2.05) is 35.5 Å². The lowest BCUT2D eigenvalue weighted by Gasteiger charge is -2.26. The Labute approximate surface area is 133 Å². The van der Waals surface area contributed by atoms with Gasteiger partial charge in [0.2, 0.25) is 5.91 Å². The maximum Gasteiger partial charge on any atom is 0.226 e. The molecule has 0 aliphatic heterocycles. The van der Waals surface area contributed by atoms with Gasteiger partial charge in [0.1, 0.15) is 5.65 Å². The number of pyridine rings is 1. The average Bonchev–Trinajstić information content (AvgIpc) is 2.95. The van der Waals surface area contributed by atoms with E-state index in [0.717, 1.165) is 43.6 Å². The summed E-state index contributed by atoms with van der Waals surface area (Å²) in [6.45, 7) is 7.72. The van der Waals surface area contributed by atoms with Gasteiger partial charge in [-0.25, -0.2) is 4.98 Å². The summed E-state index contributed by atoms with van der Waals surface area (Å²) < 4.78 is 2.06. The summed E-state index contributed by atoms with van der Waals surface area (Å²) >= 11 is 0. The molecular weight excluding hydrogens is 274 g/mol. The van der Waals surface area contributed by atoms with Crippen molar-refractivity contribution in [3.63, 3.8) is 0 Å². The maximum atomic E-state index is 12.8. The van der Waals surface area contributed by atoms with Gasteiger partial charge in [-0.15, -0.1) is 0 Å². The number of carbonyl (C=O) groups excluding carboxylic acids is 1. The van der Waals surface area contributed by atoms with Gasteiger partial charge in [-0.3, -0.25) is 4.79 Å². The number of carbonyl (C=O) groups is 1. The van der Waals surface area contributed by atoms with Gasteiger partial charge in [0.05, 0.1) is 18.4 Å². The van der Waals surface area contributed by atoms with Crippen LogP contribution in [0, 0.1) is 5.92 Å². The van der Waals surface area contributed by atoms with Crippen LogP contribution in [0.15, 0.2) is 30.6 Å². The van der Waals surface area contributed by atoms with Gasteiger partial charge in [-0.1, -0.05) is 32.8 Å². The first-order chi connectivity index (χ1) is 10.7. The highest BCUT2D eigenvalue weighted by molar-refractivity contribution is 5.78. The second-order valence-electron chi connectivity index (χ2n) is 5.81. The SMILES string of the molecule is CCCC(CCC)C(=O)N(CC)Cc1cnc2ccccn12. The maximum absolute atomic E-state index is 12.8. The molecule has 4 heteroatoms. The molecule has 0 aromatic carbocycles. The van der Waals surface area contributed by atoms with E-state index in [-0.39, 0.29) is 11.8 Å². The average molecular weight is 301 g/mol. The van der Waals surface area contributed by atoms with Crippen molar-refractivity contribution in [3.05, 3.63) is 36.3 Å². The van der Waals surface area contributed by atoms with E-state index in [2.05, 4.69) is 30.2 Å². The van der Waals surface area contributed by atoms with Crippen LogP contribution in [-0.2, 0) is 11.3 Å². The van der Waals surface area contributed by atoms with Crippen molar-refractivity contribution < 1.29 is 4.79 Å². The molecule has 0 fully saturated rings. The monoisotopic (exact) mass is 301 g/mol. The molecule has 0 saturated heterocycles. The van der Waals surface area contributed by atoms with Crippen LogP contribution >= 0.6 is 0 Å². The standard InChI is InChI=1S/C18H27N3O/c1-4-9-15(10-5-2)18(22)20(6-3)14-16-13-19-17-11-7-8-12-21(16)17/h7-8,11-13,15H,4-6,9-10,14H2,1-3H3. The Morgan fingerprint density at radius 1 is 1.23 bits per heavy atom. The fourth-order valence-electron chi connectivity index (χ4n) is 2.99. The number of imidazole rings is 1. The third-order valence-corrected chi connectivity index (χ3v) is 4.16. The smallest absolute Gasteiger partial charge is 0.226 e. The molecule has 2 rings (SSSR count). The molecule has 0 saturated carbocycles. The van der Waals surface area contributed by atoms with Crippen molar-refractivity contribution >= 4 is 11.6 Å². The highest BCUT2D eigenvalue weighted by Crippen LogP contribution is 2.18. The van der Waals surface area contributed by atoms with E-state index < -0.39 is 0 Å². The summed E-state index contributed by atoms with van der Waals surface area (Å²) in [6.07, 6.45) is 7.96. The molecule has 1 amide bonds. The van der Waals surface area contributed by atoms with Crippen LogP contribution in [0.25, 0.3) is 5.65 Å². The molecule has 2 aromatic heterocycles. The largest absolute Gasteiger partial charge is 0.337 e. The van der Waals surface area contributed by atoms with Crippen LogP contribution in [0.2, 0.25) is 0 Å². The topological polar surface area (TPSA) is 37.6 Å². The highest BCUT2D eigenvalue weighted by Gasteiger charge is 2.22. The van der Waals surface area contributed by atoms with E-state index in [4.69, 9.17) is 0 Å². The molecule has 22 heavy (non-hydrogen) atoms. The minimum absolute atomic E-state index is 0.161. The van der Waals surface area contributed by atoms with Crippen molar-refractivity contribution in [1.29, 1.82) is 0 Å². The zero-order valence-electron chi connectivity index (χ0n) is 14.0. The molecule has 0 bridgehead atoms. The summed E-state index contributed by atoms with van der Waals surface area (Å²) in [5.41, 5.74) is 2.00. The number of hydrogen-bond donors (Lipinski definition) is 0. The lowest BCUT2D eigenvalue weighted by Crippen LogP contribution is -2.36. The first-order valence-corrected chi connectivity index (χ1v) is 8.40. The Morgan fingerprint density at radius 3 is 2.59 bits per heavy atom. The number of hydrogen-bond acceptors (Lipinski definition) is 2. The van der Waals surface area contributed by atoms with Crippen LogP contribution < -0.4 is 0 Å². The fraction of sp³-hybridized carbons (Fsp3) is 0.556. The van der Waals surface area contributed by atoms with Crippen molar-refractivity contribution in [3.8, 4) is 0 Å². The van der Waals surface area contributed by atoms with E-state index in [1.165, 1.54) is 0 Å². The molecule has 2 heterocycles. The Bertz CT molecular complexity index is 599. The number of rotatable bonds is 8. The summed E-state index contributed by atoms with van der Waals surface area (Å²) in [5.74, 6) is 0.450. The van der Waals surface area contributed by atoms with Crippen molar-refractivity contribution in [1.82, 2.24) is 14.3 Å². The first-order valence-electron chi connectivity index (χ1n) is 8.40. The third-order valence-electron chi connectivity index (χ3n) is 4.16. The Balaban J connectivity index is 2.15. The number of amides is 1. The number of nitrogens with zero attached hydrogens (tertiary/aromatic N) is 3. The van der Waals surface area contributed by atoms with E-state index in [9.17, 15) is 4.79 Å². The van der Waals surface area contributed by atoms with Gasteiger partial charge in [0.25, 0.3) is 0 Å². The van der Waals surface area contributed by atoms with Gasteiger partial charge < -0.3 is 9.30 Å².